The Morgan fingerprint density at radius 1 is 1.29 bits per heavy atom. The van der Waals surface area contributed by atoms with E-state index in [0.29, 0.717) is 11.7 Å². The van der Waals surface area contributed by atoms with Crippen molar-refractivity contribution in [1.29, 1.82) is 0 Å². The number of carbonyl (C=O) groups excluding carboxylic acids is 1. The predicted octanol–water partition coefficient (Wildman–Crippen LogP) is 3.55. The molecule has 0 aliphatic heterocycles. The molecule has 0 unspecified atom stereocenters. The maximum atomic E-state index is 12.1. The van der Waals surface area contributed by atoms with Gasteiger partial charge in [0.1, 0.15) is 6.54 Å². The fraction of sp³-hybridized carbons (Fsp3) is 0.294. The van der Waals surface area contributed by atoms with E-state index in [1.54, 1.807) is 0 Å². The fourth-order valence-corrected chi connectivity index (χ4v) is 2.92. The summed E-state index contributed by atoms with van der Waals surface area (Å²) in [5.41, 5.74) is 2.04. The lowest BCUT2D eigenvalue weighted by Crippen LogP contribution is -2.20. The van der Waals surface area contributed by atoms with Crippen LogP contribution in [0.4, 0.5) is 5.69 Å². The molecule has 0 radical (unpaired) electrons. The van der Waals surface area contributed by atoms with Crippen molar-refractivity contribution in [3.63, 3.8) is 0 Å². The van der Waals surface area contributed by atoms with Crippen LogP contribution in [0.1, 0.15) is 31.7 Å². The van der Waals surface area contributed by atoms with E-state index in [-0.39, 0.29) is 12.5 Å². The highest BCUT2D eigenvalue weighted by Crippen LogP contribution is 2.21. The van der Waals surface area contributed by atoms with Crippen molar-refractivity contribution in [3.8, 4) is 10.7 Å². The minimum Gasteiger partial charge on any atom is -0.324 e. The Balaban J connectivity index is 1.59. The van der Waals surface area contributed by atoms with Crippen LogP contribution in [0, 0.1) is 0 Å². The Morgan fingerprint density at radius 2 is 2.08 bits per heavy atom. The third-order valence-corrected chi connectivity index (χ3v) is 4.72. The van der Waals surface area contributed by atoms with Crippen LogP contribution in [0.3, 0.4) is 0 Å². The number of tetrazole rings is 1. The minimum atomic E-state index is -0.179. The summed E-state index contributed by atoms with van der Waals surface area (Å²) >= 11 is 1.54. The van der Waals surface area contributed by atoms with Crippen LogP contribution in [-0.4, -0.2) is 26.1 Å². The van der Waals surface area contributed by atoms with Crippen molar-refractivity contribution in [2.24, 2.45) is 0 Å². The van der Waals surface area contributed by atoms with Gasteiger partial charge in [-0.05, 0) is 46.7 Å². The van der Waals surface area contributed by atoms with Gasteiger partial charge < -0.3 is 5.32 Å². The lowest BCUT2D eigenvalue weighted by Gasteiger charge is -2.10. The summed E-state index contributed by atoms with van der Waals surface area (Å²) < 4.78 is 0. The monoisotopic (exact) mass is 341 g/mol. The van der Waals surface area contributed by atoms with Crippen molar-refractivity contribution in [3.05, 3.63) is 47.3 Å². The Bertz CT molecular complexity index is 795. The van der Waals surface area contributed by atoms with Crippen molar-refractivity contribution in [1.82, 2.24) is 20.2 Å². The van der Waals surface area contributed by atoms with Crippen LogP contribution >= 0.6 is 11.3 Å². The maximum Gasteiger partial charge on any atom is 0.248 e. The number of amides is 1. The van der Waals surface area contributed by atoms with Gasteiger partial charge in [-0.2, -0.15) is 4.80 Å². The van der Waals surface area contributed by atoms with E-state index < -0.39 is 0 Å². The summed E-state index contributed by atoms with van der Waals surface area (Å²) in [6.07, 6.45) is 1.09. The first-order chi connectivity index (χ1) is 11.7. The Hall–Kier alpha value is -2.54. The Kier molecular flexibility index (Phi) is 5.00. The Morgan fingerprint density at radius 3 is 2.75 bits per heavy atom. The molecule has 124 valence electrons. The smallest absolute Gasteiger partial charge is 0.248 e. The molecule has 1 amide bonds. The summed E-state index contributed by atoms with van der Waals surface area (Å²) in [4.78, 5) is 14.4. The normalized spacial score (nSPS) is 12.1. The van der Waals surface area contributed by atoms with E-state index in [2.05, 4.69) is 34.6 Å². The standard InChI is InChI=1S/C17H19N5OS/c1-3-12(2)13-6-8-14(9-7-13)18-16(23)11-22-20-17(19-21-22)15-5-4-10-24-15/h4-10,12H,3,11H2,1-2H3,(H,18,23)/t12-/m1/s1. The second-order valence-corrected chi connectivity index (χ2v) is 6.55. The van der Waals surface area contributed by atoms with E-state index in [4.69, 9.17) is 0 Å². The van der Waals surface area contributed by atoms with Crippen LogP contribution in [0.5, 0.6) is 0 Å². The summed E-state index contributed by atoms with van der Waals surface area (Å²) in [6, 6.07) is 11.8. The third-order valence-electron chi connectivity index (χ3n) is 3.86. The average Bonchev–Trinajstić information content (AvgIpc) is 3.26. The van der Waals surface area contributed by atoms with E-state index in [1.165, 1.54) is 21.7 Å². The molecule has 1 aromatic carbocycles. The number of anilines is 1. The molecule has 7 heteroatoms. The zero-order valence-corrected chi connectivity index (χ0v) is 14.5. The molecule has 0 bridgehead atoms. The number of thiophene rings is 1. The van der Waals surface area contributed by atoms with Crippen molar-refractivity contribution >= 4 is 22.9 Å². The van der Waals surface area contributed by atoms with Gasteiger partial charge in [0.2, 0.25) is 11.7 Å². The SMILES string of the molecule is CC[C@@H](C)c1ccc(NC(=O)Cn2nnc(-c3cccs3)n2)cc1. The van der Waals surface area contributed by atoms with Gasteiger partial charge in [0.25, 0.3) is 0 Å². The van der Waals surface area contributed by atoms with Crippen LogP contribution < -0.4 is 5.32 Å². The number of benzene rings is 1. The lowest BCUT2D eigenvalue weighted by molar-refractivity contribution is -0.117. The summed E-state index contributed by atoms with van der Waals surface area (Å²) in [6.45, 7) is 4.39. The summed E-state index contributed by atoms with van der Waals surface area (Å²) in [5.74, 6) is 0.877. The van der Waals surface area contributed by atoms with Gasteiger partial charge in [-0.25, -0.2) is 0 Å². The van der Waals surface area contributed by atoms with Crippen molar-refractivity contribution < 1.29 is 4.79 Å². The molecule has 2 aromatic heterocycles. The first kappa shape index (κ1) is 16.3. The van der Waals surface area contributed by atoms with E-state index in [0.717, 1.165) is 17.0 Å². The predicted molar refractivity (Wildman–Crippen MR) is 94.9 cm³/mol. The molecule has 6 nitrogen and oxygen atoms in total. The lowest BCUT2D eigenvalue weighted by atomic mass is 9.99. The Labute approximate surface area is 144 Å². The van der Waals surface area contributed by atoms with Gasteiger partial charge in [-0.3, -0.25) is 4.79 Å². The number of aromatic nitrogens is 4. The second-order valence-electron chi connectivity index (χ2n) is 5.60. The molecule has 0 fully saturated rings. The molecule has 3 rings (SSSR count). The third kappa shape index (κ3) is 3.86. The summed E-state index contributed by atoms with van der Waals surface area (Å²) in [7, 11) is 0. The first-order valence-electron chi connectivity index (χ1n) is 7.87. The molecule has 24 heavy (non-hydrogen) atoms. The van der Waals surface area contributed by atoms with Crippen LogP contribution in [-0.2, 0) is 11.3 Å². The molecule has 0 aliphatic carbocycles. The number of carbonyl (C=O) groups is 1. The van der Waals surface area contributed by atoms with Crippen LogP contribution in [0.15, 0.2) is 41.8 Å². The quantitative estimate of drug-likeness (QED) is 0.744. The van der Waals surface area contributed by atoms with Gasteiger partial charge >= 0.3 is 0 Å². The number of nitrogens with zero attached hydrogens (tertiary/aromatic N) is 4. The molecule has 0 spiro atoms. The summed E-state index contributed by atoms with van der Waals surface area (Å²) in [5, 5.41) is 16.9. The first-order valence-corrected chi connectivity index (χ1v) is 8.75. The highest BCUT2D eigenvalue weighted by molar-refractivity contribution is 7.13. The average molecular weight is 341 g/mol. The maximum absolute atomic E-state index is 12.1. The van der Waals surface area contributed by atoms with Crippen LogP contribution in [0.25, 0.3) is 10.7 Å². The highest BCUT2D eigenvalue weighted by atomic mass is 32.1. The molecule has 0 saturated carbocycles. The molecule has 2 heterocycles. The molecular formula is C17H19N5OS. The topological polar surface area (TPSA) is 72.7 Å². The minimum absolute atomic E-state index is 0.0332. The van der Waals surface area contributed by atoms with Gasteiger partial charge in [0.05, 0.1) is 4.88 Å². The van der Waals surface area contributed by atoms with Gasteiger partial charge in [-0.15, -0.1) is 21.5 Å². The van der Waals surface area contributed by atoms with Gasteiger partial charge in [-0.1, -0.05) is 32.0 Å². The molecule has 3 aromatic rings. The van der Waals surface area contributed by atoms with Crippen molar-refractivity contribution in [2.75, 3.05) is 5.32 Å². The molecule has 1 N–H and O–H groups in total. The zero-order valence-electron chi connectivity index (χ0n) is 13.6. The zero-order chi connectivity index (χ0) is 16.9. The molecule has 1 atom stereocenters. The van der Waals surface area contributed by atoms with Crippen molar-refractivity contribution in [2.45, 2.75) is 32.7 Å². The van der Waals surface area contributed by atoms with Crippen LogP contribution in [0.2, 0.25) is 0 Å². The van der Waals surface area contributed by atoms with E-state index in [9.17, 15) is 4.79 Å². The largest absolute Gasteiger partial charge is 0.324 e. The molecule has 0 aliphatic rings. The number of nitrogens with one attached hydrogen (secondary N) is 1. The fourth-order valence-electron chi connectivity index (χ4n) is 2.27. The number of hydrogen-bond donors (Lipinski definition) is 1. The van der Waals surface area contributed by atoms with Gasteiger partial charge in [0, 0.05) is 5.69 Å². The number of hydrogen-bond acceptors (Lipinski definition) is 5. The number of rotatable bonds is 6. The van der Waals surface area contributed by atoms with E-state index >= 15 is 0 Å². The van der Waals surface area contributed by atoms with Gasteiger partial charge in [0.15, 0.2) is 0 Å². The molecular weight excluding hydrogens is 322 g/mol. The second kappa shape index (κ2) is 7.35. The highest BCUT2D eigenvalue weighted by Gasteiger charge is 2.10. The van der Waals surface area contributed by atoms with E-state index in [1.807, 2.05) is 41.8 Å². The molecule has 0 saturated heterocycles.